The Morgan fingerprint density at radius 1 is 1.27 bits per heavy atom. The highest BCUT2D eigenvalue weighted by molar-refractivity contribution is 9.10. The van der Waals surface area contributed by atoms with Crippen molar-refractivity contribution < 1.29 is 4.21 Å². The Kier molecular flexibility index (Phi) is 3.59. The average molecular weight is 288 g/mol. The molecule has 3 atom stereocenters. The summed E-state index contributed by atoms with van der Waals surface area (Å²) in [5.41, 5.74) is 5.82. The minimum atomic E-state index is -0.889. The SMILES string of the molecule is NC1CCC(S(=O)c2ccc(Br)cc2)C1. The molecule has 2 nitrogen and oxygen atoms in total. The Labute approximate surface area is 101 Å². The van der Waals surface area contributed by atoms with E-state index in [9.17, 15) is 4.21 Å². The van der Waals surface area contributed by atoms with E-state index >= 15 is 0 Å². The van der Waals surface area contributed by atoms with Gasteiger partial charge in [0, 0.05) is 20.7 Å². The zero-order valence-corrected chi connectivity index (χ0v) is 10.8. The zero-order chi connectivity index (χ0) is 10.8. The van der Waals surface area contributed by atoms with E-state index in [0.29, 0.717) is 0 Å². The van der Waals surface area contributed by atoms with Crippen molar-refractivity contribution in [1.82, 2.24) is 0 Å². The lowest BCUT2D eigenvalue weighted by atomic mass is 10.3. The molecule has 0 aliphatic heterocycles. The molecule has 1 aromatic rings. The molecule has 3 unspecified atom stereocenters. The summed E-state index contributed by atoms with van der Waals surface area (Å²) in [5, 5.41) is 0.251. The number of hydrogen-bond donors (Lipinski definition) is 1. The van der Waals surface area contributed by atoms with Crippen LogP contribution >= 0.6 is 15.9 Å². The maximum Gasteiger partial charge on any atom is 0.0561 e. The summed E-state index contributed by atoms with van der Waals surface area (Å²) in [7, 11) is -0.889. The second kappa shape index (κ2) is 4.76. The molecule has 2 N–H and O–H groups in total. The van der Waals surface area contributed by atoms with Crippen LogP contribution in [0, 0.1) is 0 Å². The van der Waals surface area contributed by atoms with Crippen LogP contribution in [-0.2, 0) is 10.8 Å². The van der Waals surface area contributed by atoms with Crippen LogP contribution in [-0.4, -0.2) is 15.5 Å². The van der Waals surface area contributed by atoms with E-state index in [4.69, 9.17) is 5.73 Å². The molecule has 0 amide bonds. The predicted molar refractivity (Wildman–Crippen MR) is 66.2 cm³/mol. The third kappa shape index (κ3) is 2.68. The van der Waals surface area contributed by atoms with Crippen molar-refractivity contribution in [2.24, 2.45) is 5.73 Å². The monoisotopic (exact) mass is 287 g/mol. The van der Waals surface area contributed by atoms with Crippen molar-refractivity contribution in [3.05, 3.63) is 28.7 Å². The van der Waals surface area contributed by atoms with Crippen molar-refractivity contribution in [2.75, 3.05) is 0 Å². The van der Waals surface area contributed by atoms with Crippen LogP contribution in [0.1, 0.15) is 19.3 Å². The number of halogens is 1. The van der Waals surface area contributed by atoms with E-state index in [-0.39, 0.29) is 11.3 Å². The first-order valence-electron chi connectivity index (χ1n) is 5.08. The van der Waals surface area contributed by atoms with Crippen LogP contribution in [0.3, 0.4) is 0 Å². The summed E-state index contributed by atoms with van der Waals surface area (Å²) in [6, 6.07) is 7.95. The van der Waals surface area contributed by atoms with Gasteiger partial charge < -0.3 is 5.73 Å². The van der Waals surface area contributed by atoms with Gasteiger partial charge in [0.1, 0.15) is 0 Å². The van der Waals surface area contributed by atoms with Crippen molar-refractivity contribution in [2.45, 2.75) is 35.4 Å². The molecule has 4 heteroatoms. The van der Waals surface area contributed by atoms with E-state index in [1.54, 1.807) is 0 Å². The highest BCUT2D eigenvalue weighted by Gasteiger charge is 2.27. The third-order valence-corrected chi connectivity index (χ3v) is 5.07. The maximum atomic E-state index is 12.1. The first-order valence-corrected chi connectivity index (χ1v) is 7.09. The van der Waals surface area contributed by atoms with E-state index in [1.807, 2.05) is 24.3 Å². The summed E-state index contributed by atoms with van der Waals surface area (Å²) in [6.07, 6.45) is 2.89. The van der Waals surface area contributed by atoms with Crippen LogP contribution < -0.4 is 5.73 Å². The van der Waals surface area contributed by atoms with Gasteiger partial charge in [-0.2, -0.15) is 0 Å². The minimum absolute atomic E-state index is 0.245. The largest absolute Gasteiger partial charge is 0.328 e. The van der Waals surface area contributed by atoms with Gasteiger partial charge in [0.05, 0.1) is 10.8 Å². The van der Waals surface area contributed by atoms with Crippen LogP contribution in [0.25, 0.3) is 0 Å². The Hall–Kier alpha value is -0.190. The highest BCUT2D eigenvalue weighted by Crippen LogP contribution is 2.26. The number of hydrogen-bond acceptors (Lipinski definition) is 2. The molecule has 1 fully saturated rings. The number of nitrogens with two attached hydrogens (primary N) is 1. The molecule has 1 aromatic carbocycles. The molecule has 2 rings (SSSR count). The highest BCUT2D eigenvalue weighted by atomic mass is 79.9. The van der Waals surface area contributed by atoms with Crippen LogP contribution in [0.4, 0.5) is 0 Å². The van der Waals surface area contributed by atoms with E-state index in [1.165, 1.54) is 0 Å². The Bertz CT molecular complexity index is 365. The first-order chi connectivity index (χ1) is 7.16. The third-order valence-electron chi connectivity index (χ3n) is 2.77. The van der Waals surface area contributed by atoms with E-state index < -0.39 is 10.8 Å². The molecule has 0 aromatic heterocycles. The van der Waals surface area contributed by atoms with Gasteiger partial charge in [-0.25, -0.2) is 0 Å². The molecule has 0 radical (unpaired) electrons. The van der Waals surface area contributed by atoms with Gasteiger partial charge in [0.15, 0.2) is 0 Å². The molecule has 0 saturated heterocycles. The van der Waals surface area contributed by atoms with Crippen LogP contribution in [0.15, 0.2) is 33.6 Å². The summed E-state index contributed by atoms with van der Waals surface area (Å²) in [4.78, 5) is 0.914. The van der Waals surface area contributed by atoms with Crippen molar-refractivity contribution in [3.63, 3.8) is 0 Å². The number of rotatable bonds is 2. The quantitative estimate of drug-likeness (QED) is 0.908. The van der Waals surface area contributed by atoms with Crippen LogP contribution in [0.2, 0.25) is 0 Å². The maximum absolute atomic E-state index is 12.1. The molecule has 1 aliphatic rings. The molecule has 15 heavy (non-hydrogen) atoms. The van der Waals surface area contributed by atoms with Gasteiger partial charge in [-0.3, -0.25) is 4.21 Å². The van der Waals surface area contributed by atoms with Gasteiger partial charge in [-0.15, -0.1) is 0 Å². The predicted octanol–water partition coefficient (Wildman–Crippen LogP) is 2.44. The smallest absolute Gasteiger partial charge is 0.0561 e. The molecule has 1 aliphatic carbocycles. The minimum Gasteiger partial charge on any atom is -0.328 e. The normalized spacial score (nSPS) is 27.9. The summed E-state index contributed by atoms with van der Waals surface area (Å²) in [5.74, 6) is 0. The first kappa shape index (κ1) is 11.3. The number of benzene rings is 1. The molecular formula is C11H14BrNOS. The summed E-state index contributed by atoms with van der Waals surface area (Å²) < 4.78 is 13.2. The Morgan fingerprint density at radius 2 is 1.93 bits per heavy atom. The zero-order valence-electron chi connectivity index (χ0n) is 8.36. The second-order valence-corrected chi connectivity index (χ2v) is 6.60. The van der Waals surface area contributed by atoms with Crippen molar-refractivity contribution in [3.8, 4) is 0 Å². The van der Waals surface area contributed by atoms with Gasteiger partial charge in [0.25, 0.3) is 0 Å². The summed E-state index contributed by atoms with van der Waals surface area (Å²) >= 11 is 3.37. The van der Waals surface area contributed by atoms with Gasteiger partial charge in [0.2, 0.25) is 0 Å². The second-order valence-electron chi connectivity index (χ2n) is 3.95. The van der Waals surface area contributed by atoms with Crippen molar-refractivity contribution in [1.29, 1.82) is 0 Å². The topological polar surface area (TPSA) is 43.1 Å². The van der Waals surface area contributed by atoms with Crippen molar-refractivity contribution >= 4 is 26.7 Å². The molecule has 0 heterocycles. The molecular weight excluding hydrogens is 274 g/mol. The summed E-state index contributed by atoms with van der Waals surface area (Å²) in [6.45, 7) is 0. The molecule has 0 spiro atoms. The fraction of sp³-hybridized carbons (Fsp3) is 0.455. The molecule has 1 saturated carbocycles. The lowest BCUT2D eigenvalue weighted by Crippen LogP contribution is -2.18. The van der Waals surface area contributed by atoms with Gasteiger partial charge in [-0.05, 0) is 43.5 Å². The fourth-order valence-corrected chi connectivity index (χ4v) is 3.75. The van der Waals surface area contributed by atoms with Gasteiger partial charge in [-0.1, -0.05) is 15.9 Å². The average Bonchev–Trinajstić information content (AvgIpc) is 2.65. The Balaban J connectivity index is 2.11. The van der Waals surface area contributed by atoms with E-state index in [0.717, 1.165) is 28.6 Å². The van der Waals surface area contributed by atoms with Gasteiger partial charge >= 0.3 is 0 Å². The lowest BCUT2D eigenvalue weighted by molar-refractivity contribution is 0.664. The van der Waals surface area contributed by atoms with Crippen LogP contribution in [0.5, 0.6) is 0 Å². The Morgan fingerprint density at radius 3 is 2.47 bits per heavy atom. The molecule has 0 bridgehead atoms. The fourth-order valence-electron chi connectivity index (χ4n) is 1.93. The standard InChI is InChI=1S/C11H14BrNOS/c12-8-1-4-10(5-2-8)15(14)11-6-3-9(13)7-11/h1-2,4-5,9,11H,3,6-7,13H2. The molecule has 82 valence electrons. The lowest BCUT2D eigenvalue weighted by Gasteiger charge is -2.09. The van der Waals surface area contributed by atoms with E-state index in [2.05, 4.69) is 15.9 Å².